The number of rotatable bonds is 4. The van der Waals surface area contributed by atoms with Gasteiger partial charge in [0, 0.05) is 17.2 Å². The summed E-state index contributed by atoms with van der Waals surface area (Å²) in [6, 6.07) is 8.32. The summed E-state index contributed by atoms with van der Waals surface area (Å²) in [4.78, 5) is 13.0. The summed E-state index contributed by atoms with van der Waals surface area (Å²) in [5.74, 6) is 0.125. The molecule has 0 unspecified atom stereocenters. The molecule has 2 rings (SSSR count). The van der Waals surface area contributed by atoms with Crippen molar-refractivity contribution in [3.05, 3.63) is 41.6 Å². The number of carbonyl (C=O) groups is 1. The summed E-state index contributed by atoms with van der Waals surface area (Å²) in [7, 11) is -3.76. The molecule has 0 aliphatic carbocycles. The lowest BCUT2D eigenvalue weighted by Crippen LogP contribution is -2.29. The number of anilines is 1. The average molecular weight is 377 g/mol. The van der Waals surface area contributed by atoms with E-state index in [1.807, 2.05) is 25.3 Å². The minimum atomic E-state index is -3.76. The van der Waals surface area contributed by atoms with E-state index < -0.39 is 15.3 Å². The highest BCUT2D eigenvalue weighted by Gasteiger charge is 2.33. The van der Waals surface area contributed by atoms with Gasteiger partial charge in [0.15, 0.2) is 0 Å². The van der Waals surface area contributed by atoms with Crippen molar-refractivity contribution in [3.8, 4) is 0 Å². The van der Waals surface area contributed by atoms with Crippen molar-refractivity contribution in [2.45, 2.75) is 64.3 Å². The van der Waals surface area contributed by atoms with Crippen LogP contribution < -0.4 is 5.32 Å². The molecule has 6 heteroatoms. The van der Waals surface area contributed by atoms with Crippen molar-refractivity contribution in [1.82, 2.24) is 4.57 Å². The Morgan fingerprint density at radius 2 is 1.62 bits per heavy atom. The van der Waals surface area contributed by atoms with Gasteiger partial charge >= 0.3 is 0 Å². The van der Waals surface area contributed by atoms with Gasteiger partial charge in [0.1, 0.15) is 10.7 Å². The quantitative estimate of drug-likeness (QED) is 0.854. The summed E-state index contributed by atoms with van der Waals surface area (Å²) in [5, 5.41) is 2.88. The number of carbonyl (C=O) groups excluding carboxylic acids is 1. The van der Waals surface area contributed by atoms with Gasteiger partial charge in [-0.15, -0.1) is 0 Å². The van der Waals surface area contributed by atoms with Gasteiger partial charge in [-0.3, -0.25) is 4.79 Å². The Bertz CT molecular complexity index is 918. The topological polar surface area (TPSA) is 68.2 Å². The normalized spacial score (nSPS) is 12.5. The molecule has 1 amide bonds. The number of hydrogen-bond donors (Lipinski definition) is 1. The van der Waals surface area contributed by atoms with Gasteiger partial charge < -0.3 is 9.88 Å². The Hall–Kier alpha value is -2.08. The number of nitrogens with zero attached hydrogens (tertiary/aromatic N) is 1. The average Bonchev–Trinajstić information content (AvgIpc) is 2.78. The highest BCUT2D eigenvalue weighted by atomic mass is 32.2. The van der Waals surface area contributed by atoms with Crippen LogP contribution >= 0.6 is 0 Å². The van der Waals surface area contributed by atoms with Crippen molar-refractivity contribution in [2.24, 2.45) is 5.41 Å². The molecule has 0 saturated carbocycles. The number of aromatic nitrogens is 1. The first kappa shape index (κ1) is 20.2. The molecule has 1 heterocycles. The smallest absolute Gasteiger partial charge is 0.230 e. The van der Waals surface area contributed by atoms with Crippen LogP contribution in [0, 0.1) is 19.3 Å². The molecule has 0 bridgehead atoms. The summed E-state index contributed by atoms with van der Waals surface area (Å²) >= 11 is 0. The third kappa shape index (κ3) is 3.56. The van der Waals surface area contributed by atoms with E-state index in [0.717, 1.165) is 5.69 Å². The van der Waals surface area contributed by atoms with Crippen molar-refractivity contribution >= 4 is 21.6 Å². The number of hydrogen-bond acceptors (Lipinski definition) is 3. The van der Waals surface area contributed by atoms with Crippen LogP contribution in [-0.4, -0.2) is 18.9 Å². The van der Waals surface area contributed by atoms with Crippen LogP contribution in [0.3, 0.4) is 0 Å². The van der Waals surface area contributed by atoms with Crippen LogP contribution in [0.15, 0.2) is 40.1 Å². The van der Waals surface area contributed by atoms with Crippen LogP contribution in [0.25, 0.3) is 0 Å². The SMILES string of the molecule is Cc1c(S(=O)(=O)c2ccccc2)c(NC(=O)C(C)(C)C)n(C(C)C)c1C. The minimum Gasteiger partial charge on any atom is -0.328 e. The highest BCUT2D eigenvalue weighted by molar-refractivity contribution is 7.91. The number of amides is 1. The molecule has 142 valence electrons. The zero-order valence-electron chi connectivity index (χ0n) is 16.5. The van der Waals surface area contributed by atoms with Crippen molar-refractivity contribution < 1.29 is 13.2 Å². The Labute approximate surface area is 156 Å². The molecule has 1 aromatic heterocycles. The fraction of sp³-hybridized carbons (Fsp3) is 0.450. The Morgan fingerprint density at radius 3 is 2.08 bits per heavy atom. The van der Waals surface area contributed by atoms with E-state index in [4.69, 9.17) is 0 Å². The second-order valence-corrected chi connectivity index (χ2v) is 9.76. The summed E-state index contributed by atoms with van der Waals surface area (Å²) in [5.41, 5.74) is 0.854. The zero-order chi connectivity index (χ0) is 19.9. The van der Waals surface area contributed by atoms with Gasteiger partial charge in [-0.1, -0.05) is 39.0 Å². The second-order valence-electron chi connectivity index (χ2n) is 7.87. The van der Waals surface area contributed by atoms with E-state index in [-0.39, 0.29) is 21.7 Å². The van der Waals surface area contributed by atoms with Crippen molar-refractivity contribution in [2.75, 3.05) is 5.32 Å². The first-order valence-corrected chi connectivity index (χ1v) is 10.2. The summed E-state index contributed by atoms with van der Waals surface area (Å²) < 4.78 is 28.5. The van der Waals surface area contributed by atoms with Gasteiger partial charge in [0.2, 0.25) is 15.7 Å². The standard InChI is InChI=1S/C20H28N2O3S/c1-13(2)22-15(4)14(3)17(18(22)21-19(23)20(5,6)7)26(24,25)16-11-9-8-10-12-16/h8-13H,1-7H3,(H,21,23). The van der Waals surface area contributed by atoms with Gasteiger partial charge in [-0.2, -0.15) is 0 Å². The van der Waals surface area contributed by atoms with Crippen LogP contribution in [0.5, 0.6) is 0 Å². The van der Waals surface area contributed by atoms with Crippen molar-refractivity contribution in [1.29, 1.82) is 0 Å². The maximum Gasteiger partial charge on any atom is 0.230 e. The summed E-state index contributed by atoms with van der Waals surface area (Å²) in [6.07, 6.45) is 0. The van der Waals surface area contributed by atoms with Crippen molar-refractivity contribution in [3.63, 3.8) is 0 Å². The van der Waals surface area contributed by atoms with Gasteiger partial charge in [0.25, 0.3) is 0 Å². The third-order valence-corrected chi connectivity index (χ3v) is 6.38. The molecule has 0 saturated heterocycles. The van der Waals surface area contributed by atoms with E-state index >= 15 is 0 Å². The van der Waals surface area contributed by atoms with E-state index in [1.54, 1.807) is 58.0 Å². The summed E-state index contributed by atoms with van der Waals surface area (Å²) in [6.45, 7) is 13.0. The molecule has 26 heavy (non-hydrogen) atoms. The van der Waals surface area contributed by atoms with Gasteiger partial charge in [0.05, 0.1) is 4.90 Å². The molecule has 1 N–H and O–H groups in total. The van der Waals surface area contributed by atoms with E-state index in [1.165, 1.54) is 0 Å². The van der Waals surface area contributed by atoms with E-state index in [9.17, 15) is 13.2 Å². The molecular weight excluding hydrogens is 348 g/mol. The number of benzene rings is 1. The molecule has 1 aromatic carbocycles. The first-order valence-electron chi connectivity index (χ1n) is 8.72. The lowest BCUT2D eigenvalue weighted by atomic mass is 9.96. The van der Waals surface area contributed by atoms with Crippen LogP contribution in [0.1, 0.15) is 51.9 Å². The van der Waals surface area contributed by atoms with Gasteiger partial charge in [-0.05, 0) is 45.4 Å². The molecule has 0 radical (unpaired) electrons. The first-order chi connectivity index (χ1) is 11.9. The lowest BCUT2D eigenvalue weighted by Gasteiger charge is -2.22. The highest BCUT2D eigenvalue weighted by Crippen LogP contribution is 2.37. The van der Waals surface area contributed by atoms with E-state index in [2.05, 4.69) is 5.32 Å². The predicted molar refractivity (Wildman–Crippen MR) is 104 cm³/mol. The molecule has 0 aliphatic heterocycles. The molecule has 5 nitrogen and oxygen atoms in total. The molecule has 0 aliphatic rings. The van der Waals surface area contributed by atoms with Crippen LogP contribution in [0.2, 0.25) is 0 Å². The lowest BCUT2D eigenvalue weighted by molar-refractivity contribution is -0.123. The van der Waals surface area contributed by atoms with Gasteiger partial charge in [-0.25, -0.2) is 8.42 Å². The molecule has 0 atom stereocenters. The minimum absolute atomic E-state index is 0.00342. The Balaban J connectivity index is 2.78. The molecule has 2 aromatic rings. The van der Waals surface area contributed by atoms with Crippen LogP contribution in [0.4, 0.5) is 5.82 Å². The van der Waals surface area contributed by atoms with E-state index in [0.29, 0.717) is 11.4 Å². The predicted octanol–water partition coefficient (Wildman–Crippen LogP) is 4.50. The maximum absolute atomic E-state index is 13.3. The molecule has 0 fully saturated rings. The fourth-order valence-electron chi connectivity index (χ4n) is 2.90. The molecule has 0 spiro atoms. The third-order valence-electron chi connectivity index (χ3n) is 4.45. The monoisotopic (exact) mass is 376 g/mol. The Kier molecular flexibility index (Phi) is 5.38. The largest absolute Gasteiger partial charge is 0.328 e. The maximum atomic E-state index is 13.3. The number of sulfone groups is 1. The fourth-order valence-corrected chi connectivity index (χ4v) is 4.61. The second kappa shape index (κ2) is 6.91. The molecular formula is C20H28N2O3S. The number of nitrogens with one attached hydrogen (secondary N) is 1. The zero-order valence-corrected chi connectivity index (χ0v) is 17.4. The van der Waals surface area contributed by atoms with Crippen LogP contribution in [-0.2, 0) is 14.6 Å². The Morgan fingerprint density at radius 1 is 1.08 bits per heavy atom.